The van der Waals surface area contributed by atoms with Crippen LogP contribution in [0.25, 0.3) is 11.3 Å². The number of rotatable bonds is 6. The number of benzene rings is 3. The van der Waals surface area contributed by atoms with Gasteiger partial charge < -0.3 is 20.3 Å². The van der Waals surface area contributed by atoms with Crippen LogP contribution in [0.2, 0.25) is 5.02 Å². The summed E-state index contributed by atoms with van der Waals surface area (Å²) in [5, 5.41) is 6.92. The van der Waals surface area contributed by atoms with Crippen LogP contribution in [0.15, 0.2) is 72.8 Å². The zero-order chi connectivity index (χ0) is 25.1. The van der Waals surface area contributed by atoms with Gasteiger partial charge in [-0.25, -0.2) is 0 Å². The first-order chi connectivity index (χ1) is 17.5. The molecule has 36 heavy (non-hydrogen) atoms. The molecule has 2 aliphatic heterocycles. The molecule has 0 radical (unpaired) electrons. The third-order valence-corrected chi connectivity index (χ3v) is 6.63. The second-order valence-electron chi connectivity index (χ2n) is 8.77. The van der Waals surface area contributed by atoms with Crippen molar-refractivity contribution in [2.45, 2.75) is 0 Å². The Labute approximate surface area is 215 Å². The Kier molecular flexibility index (Phi) is 7.04. The number of hydrogen-bond acceptors (Lipinski definition) is 5. The summed E-state index contributed by atoms with van der Waals surface area (Å²) in [5.41, 5.74) is 5.20. The van der Waals surface area contributed by atoms with Crippen molar-refractivity contribution in [1.82, 2.24) is 4.90 Å². The lowest BCUT2D eigenvalue weighted by molar-refractivity contribution is -0.120. The number of carbonyl (C=O) groups is 2. The summed E-state index contributed by atoms with van der Waals surface area (Å²) in [6.07, 6.45) is 0. The van der Waals surface area contributed by atoms with Crippen LogP contribution in [-0.4, -0.2) is 56.6 Å². The Morgan fingerprint density at radius 3 is 2.50 bits per heavy atom. The average Bonchev–Trinajstić information content (AvgIpc) is 3.22. The van der Waals surface area contributed by atoms with Gasteiger partial charge in [-0.1, -0.05) is 48.0 Å². The molecule has 0 saturated carbocycles. The Bertz CT molecular complexity index is 1300. The molecule has 0 aliphatic carbocycles. The maximum absolute atomic E-state index is 13.0. The number of ether oxygens (including phenoxy) is 1. The Balaban J connectivity index is 1.40. The Hall–Kier alpha value is -3.65. The first-order valence-corrected chi connectivity index (χ1v) is 12.2. The molecule has 0 spiro atoms. The zero-order valence-corrected chi connectivity index (χ0v) is 20.7. The van der Waals surface area contributed by atoms with Crippen LogP contribution in [0, 0.1) is 0 Å². The fourth-order valence-electron chi connectivity index (χ4n) is 4.39. The van der Waals surface area contributed by atoms with Crippen molar-refractivity contribution >= 4 is 51.7 Å². The van der Waals surface area contributed by atoms with E-state index < -0.39 is 0 Å². The molecule has 3 aromatic carbocycles. The SMILES string of the molecule is CN(C(=O)CN1CCOCC1)c1ccc(NC(=C2C(=O)Nc3cc(Cl)ccc32)c2ccccc2)cc1. The van der Waals surface area contributed by atoms with E-state index in [2.05, 4.69) is 15.5 Å². The number of nitrogens with one attached hydrogen (secondary N) is 2. The highest BCUT2D eigenvalue weighted by molar-refractivity contribution is 6.38. The number of amides is 2. The number of hydrogen-bond donors (Lipinski definition) is 2. The molecule has 0 atom stereocenters. The van der Waals surface area contributed by atoms with Crippen molar-refractivity contribution in [2.75, 3.05) is 55.4 Å². The highest BCUT2D eigenvalue weighted by Crippen LogP contribution is 2.38. The van der Waals surface area contributed by atoms with Gasteiger partial charge >= 0.3 is 0 Å². The third kappa shape index (κ3) is 5.14. The summed E-state index contributed by atoms with van der Waals surface area (Å²) in [6, 6.07) is 22.7. The minimum atomic E-state index is -0.191. The highest BCUT2D eigenvalue weighted by atomic mass is 35.5. The standard InChI is InChI=1S/C28H27ClN4O3/c1-32(25(34)18-33-13-15-36-16-14-33)22-10-8-21(9-11-22)30-27(19-5-3-2-4-6-19)26-23-12-7-20(29)17-24(23)31-28(26)35/h2-12,17,30H,13-16,18H2,1H3,(H,31,35). The topological polar surface area (TPSA) is 73.9 Å². The molecule has 7 nitrogen and oxygen atoms in total. The molecule has 5 rings (SSSR count). The van der Waals surface area contributed by atoms with Crippen LogP contribution in [0.5, 0.6) is 0 Å². The largest absolute Gasteiger partial charge is 0.379 e. The number of morpholine rings is 1. The van der Waals surface area contributed by atoms with Crippen molar-refractivity contribution in [2.24, 2.45) is 0 Å². The number of nitrogens with zero attached hydrogens (tertiary/aromatic N) is 2. The smallest absolute Gasteiger partial charge is 0.258 e. The normalized spacial score (nSPS) is 16.8. The van der Waals surface area contributed by atoms with Gasteiger partial charge in [0, 0.05) is 42.1 Å². The lowest BCUT2D eigenvalue weighted by Gasteiger charge is -2.28. The fourth-order valence-corrected chi connectivity index (χ4v) is 4.56. The Morgan fingerprint density at radius 1 is 1.06 bits per heavy atom. The van der Waals surface area contributed by atoms with Gasteiger partial charge in [0.25, 0.3) is 5.91 Å². The number of carbonyl (C=O) groups excluding carboxylic acids is 2. The molecule has 1 saturated heterocycles. The van der Waals surface area contributed by atoms with Gasteiger partial charge in [0.2, 0.25) is 5.91 Å². The van der Waals surface area contributed by atoms with Crippen LogP contribution >= 0.6 is 11.6 Å². The van der Waals surface area contributed by atoms with Crippen LogP contribution in [0.3, 0.4) is 0 Å². The van der Waals surface area contributed by atoms with Crippen LogP contribution in [0.1, 0.15) is 11.1 Å². The van der Waals surface area contributed by atoms with Crippen LogP contribution in [-0.2, 0) is 14.3 Å². The summed E-state index contributed by atoms with van der Waals surface area (Å²) in [7, 11) is 1.79. The maximum Gasteiger partial charge on any atom is 0.258 e. The van der Waals surface area contributed by atoms with Crippen molar-refractivity contribution < 1.29 is 14.3 Å². The molecule has 3 aromatic rings. The number of anilines is 3. The van der Waals surface area contributed by atoms with Gasteiger partial charge in [-0.3, -0.25) is 14.5 Å². The minimum Gasteiger partial charge on any atom is -0.379 e. The highest BCUT2D eigenvalue weighted by Gasteiger charge is 2.28. The van der Waals surface area contributed by atoms with E-state index in [1.165, 1.54) is 0 Å². The van der Waals surface area contributed by atoms with E-state index in [0.717, 1.165) is 35.6 Å². The summed E-state index contributed by atoms with van der Waals surface area (Å²) in [4.78, 5) is 29.6. The average molecular weight is 503 g/mol. The summed E-state index contributed by atoms with van der Waals surface area (Å²) >= 11 is 6.14. The minimum absolute atomic E-state index is 0.0302. The monoisotopic (exact) mass is 502 g/mol. The van der Waals surface area contributed by atoms with Gasteiger partial charge in [0.05, 0.1) is 36.7 Å². The van der Waals surface area contributed by atoms with E-state index in [1.54, 1.807) is 24.1 Å². The maximum atomic E-state index is 13.0. The first-order valence-electron chi connectivity index (χ1n) is 11.8. The molecule has 2 N–H and O–H groups in total. The van der Waals surface area contributed by atoms with E-state index in [1.807, 2.05) is 60.7 Å². The number of halogens is 1. The van der Waals surface area contributed by atoms with Crippen molar-refractivity contribution in [1.29, 1.82) is 0 Å². The van der Waals surface area contributed by atoms with E-state index in [9.17, 15) is 9.59 Å². The van der Waals surface area contributed by atoms with Crippen molar-refractivity contribution in [3.63, 3.8) is 0 Å². The predicted molar refractivity (Wildman–Crippen MR) is 144 cm³/mol. The summed E-state index contributed by atoms with van der Waals surface area (Å²) in [5.74, 6) is -0.161. The summed E-state index contributed by atoms with van der Waals surface area (Å²) < 4.78 is 5.36. The molecule has 2 aliphatic rings. The zero-order valence-electron chi connectivity index (χ0n) is 20.0. The van der Waals surface area contributed by atoms with E-state index >= 15 is 0 Å². The second kappa shape index (κ2) is 10.5. The molecule has 2 heterocycles. The molecule has 8 heteroatoms. The third-order valence-electron chi connectivity index (χ3n) is 6.40. The van der Waals surface area contributed by atoms with E-state index in [-0.39, 0.29) is 11.8 Å². The predicted octanol–water partition coefficient (Wildman–Crippen LogP) is 4.57. The number of fused-ring (bicyclic) bond motifs is 1. The van der Waals surface area contributed by atoms with E-state index in [0.29, 0.717) is 41.7 Å². The number of likely N-dealkylation sites (N-methyl/N-ethyl adjacent to an activating group) is 1. The van der Waals surface area contributed by atoms with Gasteiger partial charge in [-0.2, -0.15) is 0 Å². The molecule has 184 valence electrons. The molecule has 0 unspecified atom stereocenters. The fraction of sp³-hybridized carbons (Fsp3) is 0.214. The lowest BCUT2D eigenvalue weighted by Crippen LogP contribution is -2.43. The molecular formula is C28H27ClN4O3. The van der Waals surface area contributed by atoms with Crippen LogP contribution in [0.4, 0.5) is 17.1 Å². The Morgan fingerprint density at radius 2 is 1.78 bits per heavy atom. The lowest BCUT2D eigenvalue weighted by atomic mass is 10.00. The first kappa shape index (κ1) is 24.1. The molecule has 1 fully saturated rings. The molecular weight excluding hydrogens is 476 g/mol. The van der Waals surface area contributed by atoms with Gasteiger partial charge in [-0.05, 0) is 42.0 Å². The second-order valence-corrected chi connectivity index (χ2v) is 9.21. The van der Waals surface area contributed by atoms with Gasteiger partial charge in [-0.15, -0.1) is 0 Å². The van der Waals surface area contributed by atoms with Gasteiger partial charge in [0.1, 0.15) is 0 Å². The van der Waals surface area contributed by atoms with Crippen molar-refractivity contribution in [3.8, 4) is 0 Å². The van der Waals surface area contributed by atoms with Gasteiger partial charge in [0.15, 0.2) is 0 Å². The van der Waals surface area contributed by atoms with E-state index in [4.69, 9.17) is 16.3 Å². The molecule has 0 bridgehead atoms. The molecule has 0 aromatic heterocycles. The summed E-state index contributed by atoms with van der Waals surface area (Å²) in [6.45, 7) is 3.21. The quantitative estimate of drug-likeness (QED) is 0.483. The van der Waals surface area contributed by atoms with Crippen LogP contribution < -0.4 is 15.5 Å². The molecule has 2 amide bonds. The van der Waals surface area contributed by atoms with Crippen molar-refractivity contribution in [3.05, 3.63) is 88.9 Å².